The normalized spacial score (nSPS) is 10.2. The summed E-state index contributed by atoms with van der Waals surface area (Å²) in [6.07, 6.45) is 5.81. The number of likely N-dealkylation sites (N-methyl/N-ethyl adjacent to an activating group) is 1. The lowest BCUT2D eigenvalue weighted by atomic mass is 10.1. The van der Waals surface area contributed by atoms with Gasteiger partial charge in [0.05, 0.1) is 12.6 Å². The SMILES string of the molecule is C=Cn1cc(CNc2ccc(CC(=O)N(C)C)cc2)cn1. The molecule has 1 aromatic carbocycles. The number of carbonyl (C=O) groups is 1. The molecule has 0 fully saturated rings. The summed E-state index contributed by atoms with van der Waals surface area (Å²) in [4.78, 5) is 13.2. The maximum absolute atomic E-state index is 11.6. The number of benzene rings is 1. The van der Waals surface area contributed by atoms with Crippen LogP contribution in [-0.2, 0) is 17.8 Å². The van der Waals surface area contributed by atoms with E-state index in [1.54, 1.807) is 36.1 Å². The van der Waals surface area contributed by atoms with Gasteiger partial charge in [-0.2, -0.15) is 5.10 Å². The standard InChI is InChI=1S/C16H20N4O/c1-4-20-12-14(11-18-20)10-17-15-7-5-13(6-8-15)9-16(21)19(2)3/h4-8,11-12,17H,1,9-10H2,2-3H3. The van der Waals surface area contributed by atoms with Gasteiger partial charge in [-0.05, 0) is 17.7 Å². The maximum Gasteiger partial charge on any atom is 0.226 e. The predicted molar refractivity (Wildman–Crippen MR) is 84.8 cm³/mol. The van der Waals surface area contributed by atoms with Crippen LogP contribution in [0.25, 0.3) is 6.20 Å². The van der Waals surface area contributed by atoms with Gasteiger partial charge in [0.15, 0.2) is 0 Å². The van der Waals surface area contributed by atoms with Gasteiger partial charge in [-0.15, -0.1) is 0 Å². The van der Waals surface area contributed by atoms with Crippen LogP contribution in [0.3, 0.4) is 0 Å². The lowest BCUT2D eigenvalue weighted by molar-refractivity contribution is -0.127. The number of hydrogen-bond donors (Lipinski definition) is 1. The molecule has 0 aliphatic rings. The summed E-state index contributed by atoms with van der Waals surface area (Å²) < 4.78 is 1.67. The highest BCUT2D eigenvalue weighted by atomic mass is 16.2. The van der Waals surface area contributed by atoms with Crippen molar-refractivity contribution in [1.82, 2.24) is 14.7 Å². The Hall–Kier alpha value is -2.56. The second kappa shape index (κ2) is 6.74. The molecule has 2 rings (SSSR count). The minimum atomic E-state index is 0.104. The van der Waals surface area contributed by atoms with Crippen LogP contribution in [0.15, 0.2) is 43.2 Å². The van der Waals surface area contributed by atoms with E-state index in [0.717, 1.165) is 16.8 Å². The van der Waals surface area contributed by atoms with E-state index in [4.69, 9.17) is 0 Å². The number of nitrogens with one attached hydrogen (secondary N) is 1. The number of aromatic nitrogens is 2. The highest BCUT2D eigenvalue weighted by Crippen LogP contribution is 2.12. The van der Waals surface area contributed by atoms with Gasteiger partial charge in [0.25, 0.3) is 0 Å². The minimum Gasteiger partial charge on any atom is -0.381 e. The van der Waals surface area contributed by atoms with E-state index in [0.29, 0.717) is 13.0 Å². The van der Waals surface area contributed by atoms with E-state index < -0.39 is 0 Å². The van der Waals surface area contributed by atoms with E-state index in [2.05, 4.69) is 17.0 Å². The summed E-state index contributed by atoms with van der Waals surface area (Å²) in [6.45, 7) is 4.36. The molecule has 0 radical (unpaired) electrons. The molecule has 21 heavy (non-hydrogen) atoms. The fraction of sp³-hybridized carbons (Fsp3) is 0.250. The van der Waals surface area contributed by atoms with Crippen molar-refractivity contribution in [2.45, 2.75) is 13.0 Å². The van der Waals surface area contributed by atoms with Crippen molar-refractivity contribution < 1.29 is 4.79 Å². The van der Waals surface area contributed by atoms with Gasteiger partial charge in [-0.3, -0.25) is 4.79 Å². The van der Waals surface area contributed by atoms with Gasteiger partial charge in [-0.1, -0.05) is 18.7 Å². The van der Waals surface area contributed by atoms with Crippen molar-refractivity contribution in [3.05, 3.63) is 54.4 Å². The van der Waals surface area contributed by atoms with Crippen LogP contribution in [-0.4, -0.2) is 34.7 Å². The third-order valence-corrected chi connectivity index (χ3v) is 3.15. The second-order valence-electron chi connectivity index (χ2n) is 5.03. The average molecular weight is 284 g/mol. The molecule has 0 bridgehead atoms. The van der Waals surface area contributed by atoms with Gasteiger partial charge in [0.1, 0.15) is 0 Å². The Bertz CT molecular complexity index is 613. The number of anilines is 1. The van der Waals surface area contributed by atoms with Crippen molar-refractivity contribution >= 4 is 17.8 Å². The number of amides is 1. The topological polar surface area (TPSA) is 50.2 Å². The van der Waals surface area contributed by atoms with E-state index >= 15 is 0 Å². The van der Waals surface area contributed by atoms with Crippen molar-refractivity contribution in [3.8, 4) is 0 Å². The molecule has 1 N–H and O–H groups in total. The van der Waals surface area contributed by atoms with Crippen LogP contribution in [0.4, 0.5) is 5.69 Å². The van der Waals surface area contributed by atoms with Gasteiger partial charge in [0.2, 0.25) is 5.91 Å². The van der Waals surface area contributed by atoms with Crippen molar-refractivity contribution in [2.24, 2.45) is 0 Å². The predicted octanol–water partition coefficient (Wildman–Crippen LogP) is 2.23. The molecular weight excluding hydrogens is 264 g/mol. The van der Waals surface area contributed by atoms with Crippen molar-refractivity contribution in [1.29, 1.82) is 0 Å². The highest BCUT2D eigenvalue weighted by molar-refractivity contribution is 5.78. The summed E-state index contributed by atoms with van der Waals surface area (Å²) >= 11 is 0. The van der Waals surface area contributed by atoms with Gasteiger partial charge < -0.3 is 10.2 Å². The lowest BCUT2D eigenvalue weighted by Gasteiger charge is -2.10. The molecule has 2 aromatic rings. The molecule has 1 amide bonds. The zero-order valence-corrected chi connectivity index (χ0v) is 12.4. The van der Waals surface area contributed by atoms with E-state index in [1.165, 1.54) is 0 Å². The van der Waals surface area contributed by atoms with E-state index in [-0.39, 0.29) is 5.91 Å². The molecule has 0 unspecified atom stereocenters. The first-order valence-electron chi connectivity index (χ1n) is 6.77. The molecule has 5 heteroatoms. The Morgan fingerprint density at radius 1 is 1.33 bits per heavy atom. The number of hydrogen-bond acceptors (Lipinski definition) is 3. The zero-order chi connectivity index (χ0) is 15.2. The number of carbonyl (C=O) groups excluding carboxylic acids is 1. The molecule has 0 saturated heterocycles. The summed E-state index contributed by atoms with van der Waals surface area (Å²) in [5.74, 6) is 0.104. The monoisotopic (exact) mass is 284 g/mol. The minimum absolute atomic E-state index is 0.104. The Morgan fingerprint density at radius 2 is 2.05 bits per heavy atom. The van der Waals surface area contributed by atoms with Crippen LogP contribution >= 0.6 is 0 Å². The average Bonchev–Trinajstić information content (AvgIpc) is 2.94. The van der Waals surface area contributed by atoms with Crippen LogP contribution in [0, 0.1) is 0 Å². The third kappa shape index (κ3) is 4.21. The molecule has 0 saturated carbocycles. The smallest absolute Gasteiger partial charge is 0.226 e. The quantitative estimate of drug-likeness (QED) is 0.885. The Balaban J connectivity index is 1.90. The van der Waals surface area contributed by atoms with Gasteiger partial charge in [0, 0.05) is 44.3 Å². The molecule has 0 atom stereocenters. The Labute approximate surface area is 124 Å². The Kier molecular flexibility index (Phi) is 4.77. The molecule has 0 aliphatic heterocycles. The fourth-order valence-corrected chi connectivity index (χ4v) is 1.85. The van der Waals surface area contributed by atoms with E-state index in [9.17, 15) is 4.79 Å². The largest absolute Gasteiger partial charge is 0.381 e. The van der Waals surface area contributed by atoms with E-state index in [1.807, 2.05) is 30.5 Å². The van der Waals surface area contributed by atoms with Gasteiger partial charge >= 0.3 is 0 Å². The fourth-order valence-electron chi connectivity index (χ4n) is 1.85. The number of rotatable bonds is 6. The molecule has 110 valence electrons. The second-order valence-corrected chi connectivity index (χ2v) is 5.03. The highest BCUT2D eigenvalue weighted by Gasteiger charge is 2.05. The summed E-state index contributed by atoms with van der Waals surface area (Å²) in [6, 6.07) is 7.90. The number of nitrogens with zero attached hydrogens (tertiary/aromatic N) is 3. The maximum atomic E-state index is 11.6. The first kappa shape index (κ1) is 14.8. The third-order valence-electron chi connectivity index (χ3n) is 3.15. The molecule has 1 aromatic heterocycles. The zero-order valence-electron chi connectivity index (χ0n) is 12.4. The van der Waals surface area contributed by atoms with Crippen LogP contribution in [0.5, 0.6) is 0 Å². The first-order valence-corrected chi connectivity index (χ1v) is 6.77. The summed E-state index contributed by atoms with van der Waals surface area (Å²) in [5.41, 5.74) is 3.11. The molecule has 0 aliphatic carbocycles. The summed E-state index contributed by atoms with van der Waals surface area (Å²) in [5, 5.41) is 7.45. The van der Waals surface area contributed by atoms with Crippen LogP contribution in [0.1, 0.15) is 11.1 Å². The van der Waals surface area contributed by atoms with Crippen LogP contribution in [0.2, 0.25) is 0 Å². The molecule has 1 heterocycles. The first-order chi connectivity index (χ1) is 10.1. The van der Waals surface area contributed by atoms with Gasteiger partial charge in [-0.25, -0.2) is 4.68 Å². The molecular formula is C16H20N4O. The lowest BCUT2D eigenvalue weighted by Crippen LogP contribution is -2.23. The Morgan fingerprint density at radius 3 is 2.62 bits per heavy atom. The van der Waals surface area contributed by atoms with Crippen molar-refractivity contribution in [3.63, 3.8) is 0 Å². The molecule has 0 spiro atoms. The van der Waals surface area contributed by atoms with Crippen LogP contribution < -0.4 is 5.32 Å². The summed E-state index contributed by atoms with van der Waals surface area (Å²) in [7, 11) is 3.53. The van der Waals surface area contributed by atoms with Crippen molar-refractivity contribution in [2.75, 3.05) is 19.4 Å². The molecule has 5 nitrogen and oxygen atoms in total.